The van der Waals surface area contributed by atoms with Crippen molar-refractivity contribution >= 4 is 17.5 Å². The summed E-state index contributed by atoms with van der Waals surface area (Å²) in [6.45, 7) is 0. The van der Waals surface area contributed by atoms with Gasteiger partial charge in [-0.15, -0.1) is 11.8 Å². The van der Waals surface area contributed by atoms with Crippen LogP contribution in [0.5, 0.6) is 5.75 Å². The Morgan fingerprint density at radius 2 is 2.23 bits per heavy atom. The Balaban J connectivity index is 2.45. The van der Waals surface area contributed by atoms with Gasteiger partial charge in [0.1, 0.15) is 5.75 Å². The average molecular weight is 194 g/mol. The number of hydrogen-bond donors (Lipinski definition) is 0. The van der Waals surface area contributed by atoms with E-state index in [2.05, 4.69) is 0 Å². The van der Waals surface area contributed by atoms with Gasteiger partial charge < -0.3 is 4.74 Å². The van der Waals surface area contributed by atoms with Gasteiger partial charge in [0.15, 0.2) is 5.78 Å². The Kier molecular flexibility index (Phi) is 2.27. The molecule has 1 aliphatic rings. The summed E-state index contributed by atoms with van der Waals surface area (Å²) in [5, 5.41) is 0. The van der Waals surface area contributed by atoms with E-state index in [-0.39, 0.29) is 5.78 Å². The van der Waals surface area contributed by atoms with Crippen LogP contribution in [0.3, 0.4) is 0 Å². The summed E-state index contributed by atoms with van der Waals surface area (Å²) >= 11 is 1.66. The van der Waals surface area contributed by atoms with E-state index < -0.39 is 0 Å². The Hall–Kier alpha value is -0.960. The zero-order valence-electron chi connectivity index (χ0n) is 7.37. The van der Waals surface area contributed by atoms with Crippen molar-refractivity contribution in [1.82, 2.24) is 0 Å². The number of benzene rings is 1. The topological polar surface area (TPSA) is 26.3 Å². The lowest BCUT2D eigenvalue weighted by Crippen LogP contribution is -2.11. The molecule has 0 fully saturated rings. The fourth-order valence-corrected chi connectivity index (χ4v) is 2.32. The first-order chi connectivity index (χ1) is 6.31. The van der Waals surface area contributed by atoms with Gasteiger partial charge in [0.2, 0.25) is 0 Å². The van der Waals surface area contributed by atoms with Gasteiger partial charge in [-0.1, -0.05) is 0 Å². The highest BCUT2D eigenvalue weighted by Crippen LogP contribution is 2.27. The number of fused-ring (bicyclic) bond motifs is 1. The van der Waals surface area contributed by atoms with Crippen molar-refractivity contribution in [2.75, 3.05) is 12.9 Å². The van der Waals surface area contributed by atoms with Crippen LogP contribution < -0.4 is 4.74 Å². The van der Waals surface area contributed by atoms with Crippen LogP contribution in [0.4, 0.5) is 0 Å². The molecular formula is C10H10O2S. The first-order valence-electron chi connectivity index (χ1n) is 4.09. The molecule has 0 saturated carbocycles. The number of carbonyl (C=O) groups is 1. The van der Waals surface area contributed by atoms with Gasteiger partial charge >= 0.3 is 0 Å². The van der Waals surface area contributed by atoms with Crippen molar-refractivity contribution in [3.05, 3.63) is 29.3 Å². The first-order valence-corrected chi connectivity index (χ1v) is 5.24. The molecule has 0 N–H and O–H groups in total. The molecule has 0 amide bonds. The van der Waals surface area contributed by atoms with Crippen molar-refractivity contribution in [1.29, 1.82) is 0 Å². The molecule has 0 unspecified atom stereocenters. The molecule has 3 heteroatoms. The third kappa shape index (κ3) is 1.56. The Bertz CT molecular complexity index is 347. The molecule has 0 radical (unpaired) electrons. The Morgan fingerprint density at radius 3 is 3.00 bits per heavy atom. The molecule has 13 heavy (non-hydrogen) atoms. The molecular weight excluding hydrogens is 184 g/mol. The van der Waals surface area contributed by atoms with Crippen LogP contribution in [0.25, 0.3) is 0 Å². The number of methoxy groups -OCH3 is 1. The summed E-state index contributed by atoms with van der Waals surface area (Å²) in [4.78, 5) is 11.4. The quantitative estimate of drug-likeness (QED) is 0.685. The fourth-order valence-electron chi connectivity index (χ4n) is 1.42. The van der Waals surface area contributed by atoms with Crippen LogP contribution in [-0.4, -0.2) is 18.6 Å². The predicted octanol–water partition coefficient (Wildman–Crippen LogP) is 2.12. The number of ether oxygens (including phenoxy) is 1. The molecule has 0 spiro atoms. The van der Waals surface area contributed by atoms with Gasteiger partial charge in [0.05, 0.1) is 12.9 Å². The lowest BCUT2D eigenvalue weighted by molar-refractivity contribution is 0.102. The van der Waals surface area contributed by atoms with Crippen molar-refractivity contribution in [3.63, 3.8) is 0 Å². The highest BCUT2D eigenvalue weighted by Gasteiger charge is 2.17. The zero-order chi connectivity index (χ0) is 9.26. The fraction of sp³-hybridized carbons (Fsp3) is 0.300. The minimum atomic E-state index is 0.230. The molecule has 1 heterocycles. The van der Waals surface area contributed by atoms with Crippen LogP contribution >= 0.6 is 11.8 Å². The van der Waals surface area contributed by atoms with Gasteiger partial charge in [-0.3, -0.25) is 4.79 Å². The number of carbonyl (C=O) groups excluding carboxylic acids is 1. The van der Waals surface area contributed by atoms with Gasteiger partial charge in [0.25, 0.3) is 0 Å². The van der Waals surface area contributed by atoms with Gasteiger partial charge in [-0.2, -0.15) is 0 Å². The molecule has 0 aromatic heterocycles. The van der Waals surface area contributed by atoms with E-state index in [0.29, 0.717) is 5.75 Å². The molecule has 0 atom stereocenters. The normalized spacial score (nSPS) is 15.3. The van der Waals surface area contributed by atoms with E-state index in [1.54, 1.807) is 18.9 Å². The number of hydrogen-bond acceptors (Lipinski definition) is 3. The molecule has 68 valence electrons. The van der Waals surface area contributed by atoms with E-state index in [4.69, 9.17) is 4.74 Å². The largest absolute Gasteiger partial charge is 0.497 e. The third-order valence-electron chi connectivity index (χ3n) is 2.10. The summed E-state index contributed by atoms with van der Waals surface area (Å²) in [5.41, 5.74) is 1.96. The monoisotopic (exact) mass is 194 g/mol. The van der Waals surface area contributed by atoms with Crippen molar-refractivity contribution in [3.8, 4) is 5.75 Å². The minimum Gasteiger partial charge on any atom is -0.497 e. The SMILES string of the molecule is COc1ccc2c(c1)CSCC2=O. The smallest absolute Gasteiger partial charge is 0.173 e. The standard InChI is InChI=1S/C10H10O2S/c1-12-8-2-3-9-7(4-8)5-13-6-10(9)11/h2-4H,5-6H2,1H3. The molecule has 2 rings (SSSR count). The average Bonchev–Trinajstić information content (AvgIpc) is 2.18. The Labute approximate surface area is 81.3 Å². The van der Waals surface area contributed by atoms with Crippen LogP contribution in [0.2, 0.25) is 0 Å². The van der Waals surface area contributed by atoms with Crippen molar-refractivity contribution in [2.45, 2.75) is 5.75 Å². The van der Waals surface area contributed by atoms with Gasteiger partial charge in [-0.05, 0) is 23.8 Å². The maximum Gasteiger partial charge on any atom is 0.173 e. The molecule has 1 aliphatic heterocycles. The molecule has 2 nitrogen and oxygen atoms in total. The van der Waals surface area contributed by atoms with E-state index >= 15 is 0 Å². The lowest BCUT2D eigenvalue weighted by Gasteiger charge is -2.14. The second-order valence-electron chi connectivity index (χ2n) is 2.94. The summed E-state index contributed by atoms with van der Waals surface area (Å²) in [6, 6.07) is 5.64. The summed E-state index contributed by atoms with van der Waals surface area (Å²) in [5.74, 6) is 2.58. The van der Waals surface area contributed by atoms with E-state index in [1.165, 1.54) is 0 Å². The van der Waals surface area contributed by atoms with E-state index in [9.17, 15) is 4.79 Å². The second kappa shape index (κ2) is 3.42. The van der Waals surface area contributed by atoms with Crippen LogP contribution in [0, 0.1) is 0 Å². The van der Waals surface area contributed by atoms with Crippen LogP contribution in [0.1, 0.15) is 15.9 Å². The first kappa shape index (κ1) is 8.63. The highest BCUT2D eigenvalue weighted by atomic mass is 32.2. The van der Waals surface area contributed by atoms with Crippen LogP contribution in [0.15, 0.2) is 18.2 Å². The van der Waals surface area contributed by atoms with E-state index in [1.807, 2.05) is 18.2 Å². The molecule has 1 aromatic carbocycles. The second-order valence-corrected chi connectivity index (χ2v) is 3.92. The summed E-state index contributed by atoms with van der Waals surface area (Å²) in [7, 11) is 1.64. The number of rotatable bonds is 1. The minimum absolute atomic E-state index is 0.230. The molecule has 1 aromatic rings. The van der Waals surface area contributed by atoms with Crippen molar-refractivity contribution in [2.24, 2.45) is 0 Å². The Morgan fingerprint density at radius 1 is 1.38 bits per heavy atom. The lowest BCUT2D eigenvalue weighted by atomic mass is 10.0. The molecule has 0 saturated heterocycles. The summed E-state index contributed by atoms with van der Waals surface area (Å²) in [6.07, 6.45) is 0. The van der Waals surface area contributed by atoms with E-state index in [0.717, 1.165) is 22.6 Å². The van der Waals surface area contributed by atoms with Crippen molar-refractivity contribution < 1.29 is 9.53 Å². The number of Topliss-reactive ketones (excluding diaryl/α,β-unsaturated/α-hetero) is 1. The van der Waals surface area contributed by atoms with Gasteiger partial charge in [0, 0.05) is 11.3 Å². The zero-order valence-corrected chi connectivity index (χ0v) is 8.19. The maximum atomic E-state index is 11.4. The molecule has 0 aliphatic carbocycles. The molecule has 0 bridgehead atoms. The third-order valence-corrected chi connectivity index (χ3v) is 3.08. The van der Waals surface area contributed by atoms with Gasteiger partial charge in [-0.25, -0.2) is 0 Å². The summed E-state index contributed by atoms with van der Waals surface area (Å²) < 4.78 is 5.09. The maximum absolute atomic E-state index is 11.4. The highest BCUT2D eigenvalue weighted by molar-refractivity contribution is 7.99. The predicted molar refractivity (Wildman–Crippen MR) is 53.5 cm³/mol. The number of thioether (sulfide) groups is 1. The number of ketones is 1. The van der Waals surface area contributed by atoms with Crippen LogP contribution in [-0.2, 0) is 5.75 Å².